The van der Waals surface area contributed by atoms with Crippen LogP contribution in [-0.4, -0.2) is 13.3 Å². The average molecular weight is 137 g/mol. The van der Waals surface area contributed by atoms with E-state index in [-0.39, 0.29) is 0 Å². The molecule has 0 spiro atoms. The molecule has 0 saturated heterocycles. The highest BCUT2D eigenvalue weighted by Gasteiger charge is 1.82. The fourth-order valence-corrected chi connectivity index (χ4v) is 0.330. The molecule has 0 amide bonds. The van der Waals surface area contributed by atoms with Gasteiger partial charge in [0, 0.05) is 18.3 Å². The predicted octanol–water partition coefficient (Wildman–Crippen LogP) is 1.03. The molecule has 0 fully saturated rings. The van der Waals surface area contributed by atoms with Crippen LogP contribution < -0.4 is 5.32 Å². The van der Waals surface area contributed by atoms with E-state index in [9.17, 15) is 4.79 Å². The summed E-state index contributed by atoms with van der Waals surface area (Å²) in [6.45, 7) is 7.08. The van der Waals surface area contributed by atoms with E-state index >= 15 is 0 Å². The van der Waals surface area contributed by atoms with E-state index in [0.717, 1.165) is 5.70 Å². The van der Waals surface area contributed by atoms with Gasteiger partial charge in [0.15, 0.2) is 0 Å². The molecule has 2 heteroatoms. The van der Waals surface area contributed by atoms with Crippen LogP contribution in [0.15, 0.2) is 36.6 Å². The zero-order chi connectivity index (χ0) is 7.98. The van der Waals surface area contributed by atoms with Crippen molar-refractivity contribution in [3.05, 3.63) is 36.6 Å². The van der Waals surface area contributed by atoms with Gasteiger partial charge in [-0.3, -0.25) is 4.79 Å². The number of aldehydes is 1. The highest BCUT2D eigenvalue weighted by atomic mass is 16.1. The molecule has 0 aromatic heterocycles. The molecule has 0 radical (unpaired) electrons. The summed E-state index contributed by atoms with van der Waals surface area (Å²) >= 11 is 0. The minimum atomic E-state index is 0.441. The first kappa shape index (κ1) is 8.69. The van der Waals surface area contributed by atoms with Crippen molar-refractivity contribution in [3.8, 4) is 0 Å². The summed E-state index contributed by atoms with van der Waals surface area (Å²) < 4.78 is 0. The Kier molecular flexibility index (Phi) is 3.96. The molecule has 54 valence electrons. The van der Waals surface area contributed by atoms with Gasteiger partial charge in [-0.25, -0.2) is 0 Å². The van der Waals surface area contributed by atoms with Gasteiger partial charge in [-0.15, -0.1) is 0 Å². The van der Waals surface area contributed by atoms with E-state index in [4.69, 9.17) is 0 Å². The summed E-state index contributed by atoms with van der Waals surface area (Å²) in [6.07, 6.45) is 3.99. The van der Waals surface area contributed by atoms with E-state index in [2.05, 4.69) is 18.5 Å². The zero-order valence-electron chi connectivity index (χ0n) is 6.05. The van der Waals surface area contributed by atoms with E-state index < -0.39 is 0 Å². The van der Waals surface area contributed by atoms with Gasteiger partial charge in [0.05, 0.1) is 0 Å². The third kappa shape index (κ3) is 3.66. The molecule has 0 atom stereocenters. The van der Waals surface area contributed by atoms with Crippen molar-refractivity contribution in [3.63, 3.8) is 0 Å². The third-order valence-corrected chi connectivity index (χ3v) is 0.971. The van der Waals surface area contributed by atoms with Crippen LogP contribution in [0.25, 0.3) is 0 Å². The lowest BCUT2D eigenvalue weighted by Crippen LogP contribution is -2.00. The molecule has 0 saturated carbocycles. The Balaban J connectivity index is 3.87. The Morgan fingerprint density at radius 3 is 2.40 bits per heavy atom. The lowest BCUT2D eigenvalue weighted by molar-refractivity contribution is -0.104. The van der Waals surface area contributed by atoms with Crippen LogP contribution in [0.4, 0.5) is 0 Å². The molecule has 0 aliphatic carbocycles. The second kappa shape index (κ2) is 4.56. The third-order valence-electron chi connectivity index (χ3n) is 0.971. The van der Waals surface area contributed by atoms with Gasteiger partial charge in [-0.05, 0) is 6.08 Å². The lowest BCUT2D eigenvalue weighted by Gasteiger charge is -1.93. The van der Waals surface area contributed by atoms with Crippen molar-refractivity contribution >= 4 is 6.29 Å². The van der Waals surface area contributed by atoms with Crippen molar-refractivity contribution in [1.29, 1.82) is 0 Å². The minimum Gasteiger partial charge on any atom is -0.389 e. The zero-order valence-corrected chi connectivity index (χ0v) is 6.05. The van der Waals surface area contributed by atoms with Crippen molar-refractivity contribution in [2.24, 2.45) is 0 Å². The monoisotopic (exact) mass is 137 g/mol. The molecular formula is C8H11NO. The van der Waals surface area contributed by atoms with Crippen LogP contribution >= 0.6 is 0 Å². The molecule has 2 nitrogen and oxygen atoms in total. The second-order valence-electron chi connectivity index (χ2n) is 1.80. The molecule has 1 N–H and O–H groups in total. The first-order valence-corrected chi connectivity index (χ1v) is 2.89. The van der Waals surface area contributed by atoms with Crippen molar-refractivity contribution < 1.29 is 4.79 Å². The maximum atomic E-state index is 10.0. The van der Waals surface area contributed by atoms with E-state index in [1.54, 1.807) is 19.2 Å². The fraction of sp³-hybridized carbons (Fsp3) is 0.125. The van der Waals surface area contributed by atoms with Crippen molar-refractivity contribution in [1.82, 2.24) is 5.32 Å². The molecule has 0 aliphatic rings. The SMILES string of the molecule is C=C(C=O)/C=C\C(=C)NC. The van der Waals surface area contributed by atoms with Crippen LogP contribution in [0.5, 0.6) is 0 Å². The molecule has 0 bridgehead atoms. The van der Waals surface area contributed by atoms with E-state index in [0.29, 0.717) is 11.9 Å². The number of carbonyl (C=O) groups excluding carboxylic acids is 1. The minimum absolute atomic E-state index is 0.441. The van der Waals surface area contributed by atoms with Gasteiger partial charge in [0.2, 0.25) is 0 Å². The summed E-state index contributed by atoms with van der Waals surface area (Å²) in [4.78, 5) is 10.0. The topological polar surface area (TPSA) is 29.1 Å². The van der Waals surface area contributed by atoms with Crippen molar-refractivity contribution in [2.75, 3.05) is 7.05 Å². The van der Waals surface area contributed by atoms with Crippen LogP contribution in [0.2, 0.25) is 0 Å². The molecule has 0 heterocycles. The normalized spacial score (nSPS) is 9.30. The highest BCUT2D eigenvalue weighted by Crippen LogP contribution is 1.90. The van der Waals surface area contributed by atoms with E-state index in [1.807, 2.05) is 0 Å². The summed E-state index contributed by atoms with van der Waals surface area (Å²) in [5, 5.41) is 2.81. The fourth-order valence-electron chi connectivity index (χ4n) is 0.330. The van der Waals surface area contributed by atoms with Crippen LogP contribution in [0, 0.1) is 0 Å². The Hall–Kier alpha value is -1.31. The van der Waals surface area contributed by atoms with Gasteiger partial charge in [0.1, 0.15) is 6.29 Å². The molecular weight excluding hydrogens is 126 g/mol. The molecule has 10 heavy (non-hydrogen) atoms. The standard InChI is InChI=1S/C8H11NO/c1-7(6-10)4-5-8(2)9-3/h4-6,9H,1-2H2,3H3/b5-4-. The quantitative estimate of drug-likeness (QED) is 0.356. The smallest absolute Gasteiger partial charge is 0.149 e. The molecule has 0 unspecified atom stereocenters. The summed E-state index contributed by atoms with van der Waals surface area (Å²) in [5.41, 5.74) is 1.19. The number of hydrogen-bond acceptors (Lipinski definition) is 2. The van der Waals surface area contributed by atoms with Gasteiger partial charge in [0.25, 0.3) is 0 Å². The van der Waals surface area contributed by atoms with Crippen LogP contribution in [0.3, 0.4) is 0 Å². The molecule has 0 rings (SSSR count). The summed E-state index contributed by atoms with van der Waals surface area (Å²) in [7, 11) is 1.76. The predicted molar refractivity (Wildman–Crippen MR) is 42.5 cm³/mol. The summed E-state index contributed by atoms with van der Waals surface area (Å²) in [6, 6.07) is 0. The number of carbonyl (C=O) groups is 1. The number of hydrogen-bond donors (Lipinski definition) is 1. The first-order chi connectivity index (χ1) is 4.70. The summed E-state index contributed by atoms with van der Waals surface area (Å²) in [5.74, 6) is 0. The van der Waals surface area contributed by atoms with Gasteiger partial charge in [-0.2, -0.15) is 0 Å². The number of likely N-dealkylation sites (N-methyl/N-ethyl adjacent to an activating group) is 1. The van der Waals surface area contributed by atoms with Crippen LogP contribution in [0.1, 0.15) is 0 Å². The number of rotatable bonds is 4. The number of allylic oxidation sites excluding steroid dienone is 3. The highest BCUT2D eigenvalue weighted by molar-refractivity contribution is 5.76. The van der Waals surface area contributed by atoms with Crippen molar-refractivity contribution in [2.45, 2.75) is 0 Å². The lowest BCUT2D eigenvalue weighted by atomic mass is 10.3. The Labute approximate surface area is 60.9 Å². The van der Waals surface area contributed by atoms with Gasteiger partial charge in [-0.1, -0.05) is 19.2 Å². The number of nitrogens with one attached hydrogen (secondary N) is 1. The average Bonchev–Trinajstić information content (AvgIpc) is 1.99. The Morgan fingerprint density at radius 2 is 2.00 bits per heavy atom. The second-order valence-corrected chi connectivity index (χ2v) is 1.80. The molecule has 0 aliphatic heterocycles. The largest absolute Gasteiger partial charge is 0.389 e. The Morgan fingerprint density at radius 1 is 1.40 bits per heavy atom. The first-order valence-electron chi connectivity index (χ1n) is 2.89. The maximum absolute atomic E-state index is 10.0. The maximum Gasteiger partial charge on any atom is 0.149 e. The van der Waals surface area contributed by atoms with Gasteiger partial charge < -0.3 is 5.32 Å². The van der Waals surface area contributed by atoms with Crippen LogP contribution in [-0.2, 0) is 4.79 Å². The van der Waals surface area contributed by atoms with Gasteiger partial charge >= 0.3 is 0 Å². The molecule has 0 aromatic carbocycles. The van der Waals surface area contributed by atoms with E-state index in [1.165, 1.54) is 0 Å². The molecule has 0 aromatic rings. The Bertz CT molecular complexity index is 180.